The van der Waals surface area contributed by atoms with Gasteiger partial charge in [-0.25, -0.2) is 0 Å². The maximum atomic E-state index is 10.8. The molecule has 0 spiro atoms. The van der Waals surface area contributed by atoms with E-state index in [9.17, 15) is 9.90 Å². The minimum Gasteiger partial charge on any atom is -0.508 e. The van der Waals surface area contributed by atoms with E-state index in [-0.39, 0.29) is 5.75 Å². The quantitative estimate of drug-likeness (QED) is 0.208. The van der Waals surface area contributed by atoms with Crippen molar-refractivity contribution in [2.24, 2.45) is 21.8 Å². The number of carboxylic acids is 1. The zero-order valence-corrected chi connectivity index (χ0v) is 11.2. The van der Waals surface area contributed by atoms with Crippen LogP contribution in [0.15, 0.2) is 28.4 Å². The first-order chi connectivity index (χ1) is 9.56. The molecule has 1 unspecified atom stereocenters. The van der Waals surface area contributed by atoms with Gasteiger partial charge < -0.3 is 21.8 Å². The average Bonchev–Trinajstić information content (AvgIpc) is 2.43. The van der Waals surface area contributed by atoms with Crippen LogP contribution in [0.2, 0.25) is 0 Å². The number of rotatable bonds is 7. The maximum absolute atomic E-state index is 10.8. The van der Waals surface area contributed by atoms with Gasteiger partial charge in [0, 0.05) is 11.3 Å². The molecule has 8 nitrogen and oxygen atoms in total. The fraction of sp³-hybridized carbons (Fsp3) is 0.182. The second-order valence-corrected chi connectivity index (χ2v) is 4.49. The molecule has 7 N–H and O–H groups in total. The molecule has 0 saturated carbocycles. The molecule has 9 heteroatoms. The van der Waals surface area contributed by atoms with Gasteiger partial charge in [-0.2, -0.15) is 10.2 Å². The van der Waals surface area contributed by atoms with E-state index < -0.39 is 12.0 Å². The highest BCUT2D eigenvalue weighted by Crippen LogP contribution is 2.25. The molecule has 1 atom stereocenters. The average molecular weight is 297 g/mol. The van der Waals surface area contributed by atoms with Gasteiger partial charge >= 0.3 is 5.97 Å². The lowest BCUT2D eigenvalue weighted by Crippen LogP contribution is -2.20. The monoisotopic (exact) mass is 297 g/mol. The summed E-state index contributed by atoms with van der Waals surface area (Å²) < 4.78 is 0. The van der Waals surface area contributed by atoms with Gasteiger partial charge in [0.1, 0.15) is 18.1 Å². The van der Waals surface area contributed by atoms with Crippen LogP contribution in [0.5, 0.6) is 5.75 Å². The molecular weight excluding hydrogens is 282 g/mol. The molecule has 20 heavy (non-hydrogen) atoms. The third-order valence-electron chi connectivity index (χ3n) is 2.30. The third-order valence-corrected chi connectivity index (χ3v) is 3.03. The fourth-order valence-electron chi connectivity index (χ4n) is 1.32. The summed E-state index contributed by atoms with van der Waals surface area (Å²) in [5.74, 6) is 4.22. The summed E-state index contributed by atoms with van der Waals surface area (Å²) >= 11 is 1.29. The van der Waals surface area contributed by atoms with Gasteiger partial charge in [-0.05, 0) is 17.7 Å². The molecule has 0 heterocycles. The zero-order chi connectivity index (χ0) is 15.0. The summed E-state index contributed by atoms with van der Waals surface area (Å²) in [5.41, 5.74) is 10.5. The van der Waals surface area contributed by atoms with Crippen molar-refractivity contribution in [3.8, 4) is 5.75 Å². The topological polar surface area (TPSA) is 146 Å². The molecule has 1 aromatic rings. The molecule has 1 rings (SSSR count). The van der Waals surface area contributed by atoms with Crippen LogP contribution in [0.25, 0.3) is 0 Å². The fourth-order valence-corrected chi connectivity index (χ4v) is 1.94. The highest BCUT2D eigenvalue weighted by Gasteiger charge is 2.15. The Balaban J connectivity index is 2.67. The van der Waals surface area contributed by atoms with Crippen LogP contribution in [-0.2, 0) is 10.5 Å². The van der Waals surface area contributed by atoms with Crippen molar-refractivity contribution in [3.63, 3.8) is 0 Å². The second kappa shape index (κ2) is 8.02. The number of aromatic hydroxyl groups is 1. The van der Waals surface area contributed by atoms with Gasteiger partial charge in [-0.15, -0.1) is 11.8 Å². The number of phenolic OH excluding ortho intramolecular Hbond substituents is 1. The Morgan fingerprint density at radius 2 is 2.30 bits per heavy atom. The molecule has 0 radical (unpaired) electrons. The number of carboxylic acid groups (broad SMARTS) is 1. The van der Waals surface area contributed by atoms with Crippen LogP contribution in [-0.4, -0.2) is 28.1 Å². The number of phenols is 1. The van der Waals surface area contributed by atoms with Gasteiger partial charge in [0.05, 0.1) is 5.55 Å². The highest BCUT2D eigenvalue weighted by atomic mass is 32.2. The van der Waals surface area contributed by atoms with Crippen molar-refractivity contribution in [2.45, 2.75) is 11.8 Å². The molecule has 0 aliphatic carbocycles. The minimum absolute atomic E-state index is 0.0729. The summed E-state index contributed by atoms with van der Waals surface area (Å²) in [6.07, 6.45) is 1.21. The lowest BCUT2D eigenvalue weighted by molar-refractivity contribution is -0.138. The lowest BCUT2D eigenvalue weighted by Gasteiger charge is -2.10. The Hall–Kier alpha value is -2.26. The second-order valence-electron chi connectivity index (χ2n) is 3.66. The van der Waals surface area contributed by atoms with Crippen molar-refractivity contribution in [1.82, 2.24) is 5.43 Å². The smallest absolute Gasteiger partial charge is 0.325 e. The molecule has 0 bridgehead atoms. The van der Waals surface area contributed by atoms with Gasteiger partial charge in [0.2, 0.25) is 0 Å². The molecule has 0 saturated heterocycles. The van der Waals surface area contributed by atoms with Crippen molar-refractivity contribution < 1.29 is 15.0 Å². The zero-order valence-electron chi connectivity index (χ0n) is 10.4. The Morgan fingerprint density at radius 1 is 1.55 bits per heavy atom. The van der Waals surface area contributed by atoms with E-state index in [1.54, 1.807) is 6.07 Å². The Bertz CT molecular complexity index is 521. The molecule has 0 aliphatic heterocycles. The van der Waals surface area contributed by atoms with Crippen LogP contribution in [0.3, 0.4) is 0 Å². The van der Waals surface area contributed by atoms with E-state index in [0.29, 0.717) is 16.9 Å². The lowest BCUT2D eigenvalue weighted by atomic mass is 10.0. The third kappa shape index (κ3) is 4.78. The number of nitrogens with zero attached hydrogens (tertiary/aromatic N) is 2. The first-order valence-electron chi connectivity index (χ1n) is 5.46. The van der Waals surface area contributed by atoms with Crippen LogP contribution >= 0.6 is 11.8 Å². The summed E-state index contributed by atoms with van der Waals surface area (Å²) in [6, 6.07) is 3.35. The predicted octanol–water partition coefficient (Wildman–Crippen LogP) is 0.145. The number of thioether (sulfide) groups is 1. The summed E-state index contributed by atoms with van der Waals surface area (Å²) in [6.45, 7) is 0. The molecule has 108 valence electrons. The molecule has 0 fully saturated rings. The normalized spacial score (nSPS) is 12.8. The number of hydrazone groups is 2. The van der Waals surface area contributed by atoms with E-state index in [0.717, 1.165) is 0 Å². The van der Waals surface area contributed by atoms with E-state index in [2.05, 4.69) is 15.6 Å². The standard InChI is InChI=1S/C11H15N5O3S/c12-10(11(18)19)7-1-2-9(17)8(3-7)4-20-6-16-15-5-14-13/h1-3,5-6,10,17H,4,12-13H2,(H,14,15)(H,18,19). The first-order valence-corrected chi connectivity index (χ1v) is 6.51. The van der Waals surface area contributed by atoms with Gasteiger partial charge in [0.25, 0.3) is 0 Å². The van der Waals surface area contributed by atoms with E-state index in [1.807, 2.05) is 0 Å². The van der Waals surface area contributed by atoms with Crippen molar-refractivity contribution in [3.05, 3.63) is 29.3 Å². The molecular formula is C11H15N5O3S. The number of benzene rings is 1. The van der Waals surface area contributed by atoms with Crippen LogP contribution in [0, 0.1) is 0 Å². The number of carbonyl (C=O) groups is 1. The number of hydrogen-bond acceptors (Lipinski definition) is 7. The van der Waals surface area contributed by atoms with Crippen molar-refractivity contribution in [1.29, 1.82) is 0 Å². The number of nitrogens with two attached hydrogens (primary N) is 2. The van der Waals surface area contributed by atoms with E-state index in [1.165, 1.54) is 35.8 Å². The van der Waals surface area contributed by atoms with Gasteiger partial charge in [-0.1, -0.05) is 6.07 Å². The largest absolute Gasteiger partial charge is 0.508 e. The number of aliphatic carboxylic acids is 1. The van der Waals surface area contributed by atoms with Crippen molar-refractivity contribution >= 4 is 29.6 Å². The van der Waals surface area contributed by atoms with E-state index in [4.69, 9.17) is 16.7 Å². The Morgan fingerprint density at radius 3 is 2.95 bits per heavy atom. The van der Waals surface area contributed by atoms with Crippen LogP contribution < -0.4 is 17.0 Å². The van der Waals surface area contributed by atoms with Crippen LogP contribution in [0.1, 0.15) is 17.2 Å². The molecule has 0 aliphatic rings. The van der Waals surface area contributed by atoms with Gasteiger partial charge in [-0.3, -0.25) is 10.2 Å². The molecule has 1 aromatic carbocycles. The molecule has 0 amide bonds. The maximum Gasteiger partial charge on any atom is 0.325 e. The summed E-state index contributed by atoms with van der Waals surface area (Å²) in [5, 5.41) is 25.5. The summed E-state index contributed by atoms with van der Waals surface area (Å²) in [4.78, 5) is 10.8. The van der Waals surface area contributed by atoms with E-state index >= 15 is 0 Å². The van der Waals surface area contributed by atoms with Crippen molar-refractivity contribution in [2.75, 3.05) is 0 Å². The number of hydrogen-bond donors (Lipinski definition) is 5. The Kier molecular flexibility index (Phi) is 6.33. The SMILES string of the molecule is NN=CNN=CSCc1cc(C(N)C(=O)O)ccc1O. The summed E-state index contributed by atoms with van der Waals surface area (Å²) in [7, 11) is 0. The number of nitrogens with one attached hydrogen (secondary N) is 1. The van der Waals surface area contributed by atoms with Crippen LogP contribution in [0.4, 0.5) is 0 Å². The Labute approximate surface area is 119 Å². The highest BCUT2D eigenvalue weighted by molar-refractivity contribution is 8.11. The molecule has 0 aromatic heterocycles. The van der Waals surface area contributed by atoms with Gasteiger partial charge in [0.15, 0.2) is 0 Å². The first kappa shape index (κ1) is 15.8. The predicted molar refractivity (Wildman–Crippen MR) is 78.3 cm³/mol. The minimum atomic E-state index is -1.12.